The smallest absolute Gasteiger partial charge is 0.309 e. The van der Waals surface area contributed by atoms with Gasteiger partial charge in [-0.2, -0.15) is 0 Å². The predicted molar refractivity (Wildman–Crippen MR) is 174 cm³/mol. The van der Waals surface area contributed by atoms with Crippen LogP contribution in [0.5, 0.6) is 0 Å². The first-order valence-corrected chi connectivity index (χ1v) is 15.1. The number of carbonyl (C=O) groups excluding carboxylic acids is 3. The van der Waals surface area contributed by atoms with Crippen molar-refractivity contribution < 1.29 is 24.2 Å². The first-order valence-electron chi connectivity index (χ1n) is 15.1. The Hall–Kier alpha value is -4.49. The van der Waals surface area contributed by atoms with E-state index >= 15 is 0 Å². The largest absolute Gasteiger partial charge is 0.463 e. The van der Waals surface area contributed by atoms with Crippen molar-refractivity contribution in [3.05, 3.63) is 133 Å². The van der Waals surface area contributed by atoms with Gasteiger partial charge in [0.05, 0.1) is 30.5 Å². The molecule has 44 heavy (non-hydrogen) atoms. The van der Waals surface area contributed by atoms with Crippen molar-refractivity contribution in [1.82, 2.24) is 10.6 Å². The highest BCUT2D eigenvalue weighted by atomic mass is 16.5. The van der Waals surface area contributed by atoms with Crippen molar-refractivity contribution in [3.8, 4) is 0 Å². The van der Waals surface area contributed by atoms with E-state index in [9.17, 15) is 19.5 Å². The van der Waals surface area contributed by atoms with Gasteiger partial charge in [0.2, 0.25) is 11.8 Å². The van der Waals surface area contributed by atoms with E-state index in [1.54, 1.807) is 12.2 Å². The highest BCUT2D eigenvalue weighted by Gasteiger charge is 2.26. The number of aliphatic hydroxyl groups excluding tert-OH is 1. The number of carbonyl (C=O) groups is 3. The molecule has 7 heteroatoms. The van der Waals surface area contributed by atoms with Crippen LogP contribution in [0.15, 0.2) is 116 Å². The van der Waals surface area contributed by atoms with Crippen LogP contribution in [-0.2, 0) is 38.4 Å². The Morgan fingerprint density at radius 2 is 1.16 bits per heavy atom. The Labute approximate surface area is 261 Å². The Balaban J connectivity index is 1.65. The number of nitrogens with one attached hydrogen (secondary N) is 2. The second kappa shape index (κ2) is 18.9. The highest BCUT2D eigenvalue weighted by molar-refractivity contribution is 5.86. The van der Waals surface area contributed by atoms with E-state index in [2.05, 4.69) is 23.8 Å². The van der Waals surface area contributed by atoms with Crippen LogP contribution in [0.1, 0.15) is 36.0 Å². The molecule has 4 atom stereocenters. The lowest BCUT2D eigenvalue weighted by atomic mass is 9.96. The second-order valence-corrected chi connectivity index (χ2v) is 11.0. The van der Waals surface area contributed by atoms with Crippen LogP contribution < -0.4 is 10.6 Å². The van der Waals surface area contributed by atoms with Gasteiger partial charge in [0.15, 0.2) is 0 Å². The van der Waals surface area contributed by atoms with Gasteiger partial charge < -0.3 is 20.5 Å². The first-order chi connectivity index (χ1) is 21.4. The van der Waals surface area contributed by atoms with E-state index in [4.69, 9.17) is 4.74 Å². The van der Waals surface area contributed by atoms with Crippen molar-refractivity contribution in [2.45, 2.75) is 50.6 Å². The molecule has 0 aliphatic carbocycles. The SMILES string of the molecule is C=CC[C@H](CC(=O)N[C@H](CO)Cc1ccccc1)C(=O)N[C@H](COC(=O)[C@H](CC=C)Cc1ccccc1)Cc1ccccc1. The first kappa shape index (κ1) is 34.0. The van der Waals surface area contributed by atoms with Gasteiger partial charge >= 0.3 is 5.97 Å². The number of aliphatic hydroxyl groups is 1. The third-order valence-corrected chi connectivity index (χ3v) is 7.37. The zero-order valence-electron chi connectivity index (χ0n) is 25.3. The van der Waals surface area contributed by atoms with Crippen molar-refractivity contribution in [1.29, 1.82) is 0 Å². The van der Waals surface area contributed by atoms with Gasteiger partial charge in [0, 0.05) is 6.42 Å². The minimum absolute atomic E-state index is 0.0153. The molecular weight excluding hydrogens is 552 g/mol. The van der Waals surface area contributed by atoms with Gasteiger partial charge in [-0.25, -0.2) is 0 Å². The van der Waals surface area contributed by atoms with Gasteiger partial charge in [-0.05, 0) is 48.8 Å². The maximum atomic E-state index is 13.5. The van der Waals surface area contributed by atoms with E-state index in [-0.39, 0.29) is 43.8 Å². The van der Waals surface area contributed by atoms with Gasteiger partial charge in [-0.1, -0.05) is 103 Å². The second-order valence-electron chi connectivity index (χ2n) is 11.0. The third-order valence-electron chi connectivity index (χ3n) is 7.37. The number of benzene rings is 3. The van der Waals surface area contributed by atoms with Crippen LogP contribution in [0.4, 0.5) is 0 Å². The molecule has 3 rings (SSSR count). The highest BCUT2D eigenvalue weighted by Crippen LogP contribution is 2.17. The van der Waals surface area contributed by atoms with E-state index < -0.39 is 23.9 Å². The van der Waals surface area contributed by atoms with Gasteiger partial charge in [0.1, 0.15) is 6.61 Å². The molecule has 0 saturated carbocycles. The molecule has 0 unspecified atom stereocenters. The Kier molecular flexibility index (Phi) is 14.6. The molecule has 232 valence electrons. The number of esters is 1. The molecule has 3 aromatic carbocycles. The molecule has 3 N–H and O–H groups in total. The molecule has 0 heterocycles. The predicted octanol–water partition coefficient (Wildman–Crippen LogP) is 4.99. The average Bonchev–Trinajstić information content (AvgIpc) is 3.04. The summed E-state index contributed by atoms with van der Waals surface area (Å²) < 4.78 is 5.78. The maximum absolute atomic E-state index is 13.5. The minimum Gasteiger partial charge on any atom is -0.463 e. The number of amides is 2. The molecule has 0 bridgehead atoms. The molecule has 0 fully saturated rings. The van der Waals surface area contributed by atoms with E-state index in [1.807, 2.05) is 91.0 Å². The zero-order valence-corrected chi connectivity index (χ0v) is 25.3. The fourth-order valence-corrected chi connectivity index (χ4v) is 5.09. The lowest BCUT2D eigenvalue weighted by Gasteiger charge is -2.24. The van der Waals surface area contributed by atoms with Crippen LogP contribution in [0, 0.1) is 11.8 Å². The molecule has 0 saturated heterocycles. The summed E-state index contributed by atoms with van der Waals surface area (Å²) in [5.41, 5.74) is 3.00. The van der Waals surface area contributed by atoms with Crippen LogP contribution >= 0.6 is 0 Å². The monoisotopic (exact) mass is 596 g/mol. The summed E-state index contributed by atoms with van der Waals surface area (Å²) in [6, 6.07) is 28.0. The van der Waals surface area contributed by atoms with Gasteiger partial charge in [0.25, 0.3) is 0 Å². The molecule has 2 amide bonds. The van der Waals surface area contributed by atoms with Crippen LogP contribution in [0.25, 0.3) is 0 Å². The van der Waals surface area contributed by atoms with Crippen molar-refractivity contribution in [2.75, 3.05) is 13.2 Å². The van der Waals surface area contributed by atoms with Gasteiger partial charge in [-0.3, -0.25) is 14.4 Å². The van der Waals surface area contributed by atoms with Crippen molar-refractivity contribution in [3.63, 3.8) is 0 Å². The van der Waals surface area contributed by atoms with Crippen LogP contribution in [0.3, 0.4) is 0 Å². The molecule has 3 aromatic rings. The summed E-state index contributed by atoms with van der Waals surface area (Å²) in [5, 5.41) is 15.7. The maximum Gasteiger partial charge on any atom is 0.309 e. The zero-order chi connectivity index (χ0) is 31.6. The topological polar surface area (TPSA) is 105 Å². The molecule has 0 radical (unpaired) electrons. The Morgan fingerprint density at radius 3 is 1.66 bits per heavy atom. The number of ether oxygens (including phenoxy) is 1. The Morgan fingerprint density at radius 1 is 0.682 bits per heavy atom. The number of allylic oxidation sites excluding steroid dienone is 2. The summed E-state index contributed by atoms with van der Waals surface area (Å²) in [6.07, 6.45) is 5.46. The summed E-state index contributed by atoms with van der Waals surface area (Å²) >= 11 is 0. The third kappa shape index (κ3) is 12.0. The molecule has 7 nitrogen and oxygen atoms in total. The fraction of sp³-hybridized carbons (Fsp3) is 0.324. The molecule has 0 spiro atoms. The summed E-state index contributed by atoms with van der Waals surface area (Å²) in [5.74, 6) is -2.08. The van der Waals surface area contributed by atoms with Crippen LogP contribution in [0.2, 0.25) is 0 Å². The number of hydrogen-bond acceptors (Lipinski definition) is 5. The fourth-order valence-electron chi connectivity index (χ4n) is 5.09. The molecular formula is C37H44N2O5. The summed E-state index contributed by atoms with van der Waals surface area (Å²) in [6.45, 7) is 7.33. The summed E-state index contributed by atoms with van der Waals surface area (Å²) in [7, 11) is 0. The quantitative estimate of drug-likeness (QED) is 0.134. The lowest BCUT2D eigenvalue weighted by Crippen LogP contribution is -2.45. The van der Waals surface area contributed by atoms with E-state index in [0.717, 1.165) is 16.7 Å². The standard InChI is InChI=1S/C37H44N2O5/c1-3-14-31(25-35(41)38-33(26-40)23-29-18-10-6-11-19-29)36(42)39-34(24-30-20-12-7-13-21-30)27-44-37(43)32(15-4-2)22-28-16-8-5-9-17-28/h3-13,16-21,31-34,40H,1-2,14-15,22-27H2,(H,38,41)(H,39,42)/t31-,32-,33+,34+/m1/s1. The van der Waals surface area contributed by atoms with E-state index in [1.165, 1.54) is 0 Å². The molecule has 0 aliphatic heterocycles. The van der Waals surface area contributed by atoms with Gasteiger partial charge in [-0.15, -0.1) is 13.2 Å². The number of hydrogen-bond donors (Lipinski definition) is 3. The average molecular weight is 597 g/mol. The minimum atomic E-state index is -0.677. The van der Waals surface area contributed by atoms with E-state index in [0.29, 0.717) is 25.7 Å². The molecule has 0 aromatic heterocycles. The van der Waals surface area contributed by atoms with Crippen molar-refractivity contribution in [2.24, 2.45) is 11.8 Å². The molecule has 0 aliphatic rings. The van der Waals surface area contributed by atoms with Crippen LogP contribution in [-0.4, -0.2) is 48.2 Å². The summed E-state index contributed by atoms with van der Waals surface area (Å²) in [4.78, 5) is 39.6. The van der Waals surface area contributed by atoms with Crippen molar-refractivity contribution >= 4 is 17.8 Å². The normalized spacial score (nSPS) is 13.5. The Bertz CT molecular complexity index is 1310. The lowest BCUT2D eigenvalue weighted by molar-refractivity contribution is -0.149. The number of rotatable bonds is 19.